The average Bonchev–Trinajstić information content (AvgIpc) is 3.32. The van der Waals surface area contributed by atoms with Crippen LogP contribution in [0.5, 0.6) is 0 Å². The van der Waals surface area contributed by atoms with Crippen molar-refractivity contribution >= 4 is 11.7 Å². The molecule has 2 aromatic rings. The number of rotatable bonds is 2. The van der Waals surface area contributed by atoms with E-state index in [4.69, 9.17) is 4.74 Å². The second-order valence-electron chi connectivity index (χ2n) is 7.57. The lowest BCUT2D eigenvalue weighted by molar-refractivity contribution is -0.139. The van der Waals surface area contributed by atoms with Gasteiger partial charge in [0.2, 0.25) is 0 Å². The largest absolute Gasteiger partial charge is 0.356 e. The molecule has 3 saturated heterocycles. The zero-order valence-corrected chi connectivity index (χ0v) is 16.2. The molecule has 5 rings (SSSR count). The van der Waals surface area contributed by atoms with Crippen LogP contribution in [0.3, 0.4) is 0 Å². The summed E-state index contributed by atoms with van der Waals surface area (Å²) in [5.41, 5.74) is -0.802. The first-order chi connectivity index (χ1) is 14.1. The molecule has 3 aliphatic heterocycles. The Balaban J connectivity index is 0.000000294. The molecule has 4 heterocycles. The molecule has 1 spiro atoms. The third-order valence-electron chi connectivity index (χ3n) is 5.80. The van der Waals surface area contributed by atoms with Gasteiger partial charge >= 0.3 is 0 Å². The second kappa shape index (κ2) is 8.45. The van der Waals surface area contributed by atoms with Gasteiger partial charge in [0.05, 0.1) is 5.56 Å². The highest BCUT2D eigenvalue weighted by atomic mass is 19.3. The lowest BCUT2D eigenvalue weighted by Crippen LogP contribution is -2.50. The maximum atomic E-state index is 13.1. The van der Waals surface area contributed by atoms with Gasteiger partial charge < -0.3 is 14.5 Å². The van der Waals surface area contributed by atoms with Crippen LogP contribution < -0.4 is 4.90 Å². The van der Waals surface area contributed by atoms with E-state index in [-0.39, 0.29) is 17.7 Å². The van der Waals surface area contributed by atoms with Crippen molar-refractivity contribution in [3.8, 4) is 0 Å². The van der Waals surface area contributed by atoms with Crippen molar-refractivity contribution in [1.82, 2.24) is 9.88 Å². The molecule has 0 bridgehead atoms. The molecule has 0 saturated carbocycles. The van der Waals surface area contributed by atoms with Crippen LogP contribution in [0.15, 0.2) is 54.7 Å². The summed E-state index contributed by atoms with van der Waals surface area (Å²) in [5.74, 6) is 0.401. The molecule has 5 nitrogen and oxygen atoms in total. The maximum absolute atomic E-state index is 13.1. The number of pyridine rings is 1. The van der Waals surface area contributed by atoms with Crippen LogP contribution >= 0.6 is 0 Å². The van der Waals surface area contributed by atoms with Crippen molar-refractivity contribution in [2.24, 2.45) is 0 Å². The normalized spacial score (nSPS) is 22.6. The van der Waals surface area contributed by atoms with Crippen molar-refractivity contribution in [3.05, 3.63) is 60.3 Å². The van der Waals surface area contributed by atoms with Gasteiger partial charge in [0.15, 0.2) is 5.60 Å². The van der Waals surface area contributed by atoms with Crippen molar-refractivity contribution < 1.29 is 18.3 Å². The van der Waals surface area contributed by atoms with Crippen LogP contribution in [0.1, 0.15) is 37.7 Å². The molecule has 1 aromatic heterocycles. The number of ether oxygens (including phenoxy) is 1. The maximum Gasteiger partial charge on any atom is 0.267 e. The Morgan fingerprint density at radius 3 is 2.28 bits per heavy atom. The number of benzene rings is 1. The number of hydrogen-bond donors (Lipinski definition) is 0. The Bertz CT molecular complexity index is 799. The van der Waals surface area contributed by atoms with Crippen LogP contribution in [-0.4, -0.2) is 47.3 Å². The van der Waals surface area contributed by atoms with Crippen LogP contribution in [0.2, 0.25) is 0 Å². The molecule has 3 aliphatic rings. The van der Waals surface area contributed by atoms with E-state index in [1.807, 2.05) is 46.2 Å². The minimum atomic E-state index is -2.55. The topological polar surface area (TPSA) is 45.7 Å². The highest BCUT2D eigenvalue weighted by Gasteiger charge is 2.55. The summed E-state index contributed by atoms with van der Waals surface area (Å²) in [4.78, 5) is 20.4. The van der Waals surface area contributed by atoms with Gasteiger partial charge in [0.1, 0.15) is 12.0 Å². The third kappa shape index (κ3) is 3.96. The summed E-state index contributed by atoms with van der Waals surface area (Å²) in [5, 5.41) is 0. The van der Waals surface area contributed by atoms with Gasteiger partial charge in [0.25, 0.3) is 12.3 Å². The molecule has 0 radical (unpaired) electrons. The van der Waals surface area contributed by atoms with Gasteiger partial charge in [-0.2, -0.15) is 0 Å². The first-order valence-electron chi connectivity index (χ1n) is 10.1. The lowest BCUT2D eigenvalue weighted by atomic mass is 9.90. The van der Waals surface area contributed by atoms with Gasteiger partial charge in [-0.05, 0) is 25.0 Å². The highest BCUT2D eigenvalue weighted by molar-refractivity contribution is 5.87. The van der Waals surface area contributed by atoms with Crippen LogP contribution in [-0.2, 0) is 9.53 Å². The fraction of sp³-hybridized carbons (Fsp3) is 0.455. The van der Waals surface area contributed by atoms with Crippen molar-refractivity contribution in [2.75, 3.05) is 24.5 Å². The lowest BCUT2D eigenvalue weighted by Gasteiger charge is -2.38. The number of alkyl halides is 2. The molecule has 0 aliphatic carbocycles. The van der Waals surface area contributed by atoms with Crippen LogP contribution in [0.25, 0.3) is 0 Å². The molecule has 3 fully saturated rings. The first kappa shape index (κ1) is 19.8. The van der Waals surface area contributed by atoms with Gasteiger partial charge in [-0.1, -0.05) is 36.4 Å². The predicted octanol–water partition coefficient (Wildman–Crippen LogP) is 4.02. The first-order valence-corrected chi connectivity index (χ1v) is 10.1. The van der Waals surface area contributed by atoms with E-state index in [1.54, 1.807) is 0 Å². The third-order valence-corrected chi connectivity index (χ3v) is 5.80. The number of carbonyl (C=O) groups is 1. The summed E-state index contributed by atoms with van der Waals surface area (Å²) in [6.45, 7) is 1.77. The number of anilines is 1. The molecule has 0 N–H and O–H groups in total. The molecular weight excluding hydrogens is 376 g/mol. The fourth-order valence-corrected chi connectivity index (χ4v) is 4.30. The Morgan fingerprint density at radius 1 is 1.03 bits per heavy atom. The summed E-state index contributed by atoms with van der Waals surface area (Å²) in [6.07, 6.45) is 1.83. The molecule has 1 unspecified atom stereocenters. The van der Waals surface area contributed by atoms with E-state index in [2.05, 4.69) is 4.98 Å². The van der Waals surface area contributed by atoms with Gasteiger partial charge in [-0.25, -0.2) is 13.8 Å². The molecule has 1 atom stereocenters. The van der Waals surface area contributed by atoms with E-state index >= 15 is 0 Å². The summed E-state index contributed by atoms with van der Waals surface area (Å²) >= 11 is 0. The number of amides is 1. The molecule has 29 heavy (non-hydrogen) atoms. The molecule has 7 heteroatoms. The zero-order valence-electron chi connectivity index (χ0n) is 16.2. The van der Waals surface area contributed by atoms with E-state index in [0.717, 1.165) is 19.4 Å². The quantitative estimate of drug-likeness (QED) is 0.763. The van der Waals surface area contributed by atoms with Crippen molar-refractivity contribution in [3.63, 3.8) is 0 Å². The van der Waals surface area contributed by atoms with Crippen molar-refractivity contribution in [1.29, 1.82) is 0 Å². The number of aromatic nitrogens is 1. The summed E-state index contributed by atoms with van der Waals surface area (Å²) < 4.78 is 32.4. The molecular formula is C22H25F2N3O2. The monoisotopic (exact) mass is 401 g/mol. The number of piperidine rings is 1. The molecule has 1 amide bonds. The second-order valence-corrected chi connectivity index (χ2v) is 7.57. The molecule has 154 valence electrons. The van der Waals surface area contributed by atoms with Crippen molar-refractivity contribution in [2.45, 2.75) is 43.9 Å². The van der Waals surface area contributed by atoms with Crippen LogP contribution in [0.4, 0.5) is 14.6 Å². The number of fused-ring (bicyclic) bond motifs is 1. The summed E-state index contributed by atoms with van der Waals surface area (Å²) in [7, 11) is 0. The Labute approximate surface area is 169 Å². The van der Waals surface area contributed by atoms with E-state index in [0.29, 0.717) is 31.7 Å². The minimum Gasteiger partial charge on any atom is -0.356 e. The number of hydrogen-bond acceptors (Lipinski definition) is 4. The van der Waals surface area contributed by atoms with Gasteiger partial charge in [0, 0.05) is 38.7 Å². The number of halogens is 2. The number of nitrogens with zero attached hydrogens (tertiary/aromatic N) is 3. The smallest absolute Gasteiger partial charge is 0.267 e. The SMILES string of the molecule is O=C1N2CCCC2OC12CCN(c1ncccc1C(F)F)CC2.c1ccccc1. The summed E-state index contributed by atoms with van der Waals surface area (Å²) in [6, 6.07) is 14.9. The zero-order chi connectivity index (χ0) is 20.3. The van der Waals surface area contributed by atoms with E-state index < -0.39 is 12.0 Å². The van der Waals surface area contributed by atoms with E-state index in [1.165, 1.54) is 18.3 Å². The average molecular weight is 401 g/mol. The Hall–Kier alpha value is -2.54. The Kier molecular flexibility index (Phi) is 5.76. The minimum absolute atomic E-state index is 0.0530. The van der Waals surface area contributed by atoms with E-state index in [9.17, 15) is 13.6 Å². The molecule has 1 aromatic carbocycles. The fourth-order valence-electron chi connectivity index (χ4n) is 4.30. The highest BCUT2D eigenvalue weighted by Crippen LogP contribution is 2.41. The van der Waals surface area contributed by atoms with Crippen LogP contribution in [0, 0.1) is 0 Å². The van der Waals surface area contributed by atoms with Gasteiger partial charge in [-0.3, -0.25) is 4.79 Å². The predicted molar refractivity (Wildman–Crippen MR) is 106 cm³/mol. The standard InChI is InChI=1S/C16H19F2N3O2.C6H6/c17-13(18)11-3-1-7-19-14(11)20-9-5-16(6-10-20)15(22)21-8-2-4-12(21)23-16;1-2-4-6-5-3-1/h1,3,7,12-13H,2,4-6,8-10H2;1-6H. The van der Waals surface area contributed by atoms with Gasteiger partial charge in [-0.15, -0.1) is 0 Å². The number of carbonyl (C=O) groups excluding carboxylic acids is 1. The Morgan fingerprint density at radius 2 is 1.69 bits per heavy atom.